The zero-order chi connectivity index (χ0) is 14.3. The summed E-state index contributed by atoms with van der Waals surface area (Å²) in [5.74, 6) is 2.49. The molecule has 3 rings (SSSR count). The summed E-state index contributed by atoms with van der Waals surface area (Å²) in [6.45, 7) is 6.11. The number of carbonyl (C=O) groups excluding carboxylic acids is 1. The summed E-state index contributed by atoms with van der Waals surface area (Å²) in [4.78, 5) is 18.7. The first-order valence-corrected chi connectivity index (χ1v) is 6.74. The number of amides is 1. The van der Waals surface area contributed by atoms with Gasteiger partial charge in [-0.05, 0) is 32.8 Å². The zero-order valence-electron chi connectivity index (χ0n) is 11.8. The van der Waals surface area contributed by atoms with E-state index >= 15 is 0 Å². The number of carbonyl (C=O) groups is 1. The second-order valence-electron chi connectivity index (χ2n) is 5.16. The van der Waals surface area contributed by atoms with E-state index in [1.54, 1.807) is 13.0 Å². The van der Waals surface area contributed by atoms with Gasteiger partial charge in [-0.15, -0.1) is 0 Å². The molecule has 1 fully saturated rings. The lowest BCUT2D eigenvalue weighted by Gasteiger charge is -2.21. The van der Waals surface area contributed by atoms with Crippen molar-refractivity contribution in [1.29, 1.82) is 0 Å². The van der Waals surface area contributed by atoms with Crippen LogP contribution in [0.3, 0.4) is 0 Å². The minimum absolute atomic E-state index is 0.0238. The molecule has 1 atom stereocenters. The van der Waals surface area contributed by atoms with E-state index in [9.17, 15) is 4.79 Å². The van der Waals surface area contributed by atoms with Gasteiger partial charge in [0.1, 0.15) is 11.5 Å². The molecule has 20 heavy (non-hydrogen) atoms. The number of furan rings is 1. The molecule has 1 saturated heterocycles. The fraction of sp³-hybridized carbons (Fsp3) is 0.500. The first-order chi connectivity index (χ1) is 9.56. The van der Waals surface area contributed by atoms with Gasteiger partial charge in [0.15, 0.2) is 5.82 Å². The van der Waals surface area contributed by atoms with Crippen molar-refractivity contribution in [2.75, 3.05) is 6.54 Å². The Morgan fingerprint density at radius 2 is 2.20 bits per heavy atom. The number of aromatic nitrogens is 2. The molecular formula is C14H17N3O3. The molecule has 2 aromatic rings. The van der Waals surface area contributed by atoms with Crippen LogP contribution >= 0.6 is 0 Å². The van der Waals surface area contributed by atoms with Crippen LogP contribution in [0.25, 0.3) is 0 Å². The van der Waals surface area contributed by atoms with Crippen LogP contribution in [0.1, 0.15) is 52.5 Å². The SMILES string of the molecule is Cc1cc(C(=O)N2CCCC2c2noc(C)n2)c(C)o1. The van der Waals surface area contributed by atoms with Crippen molar-refractivity contribution in [2.24, 2.45) is 0 Å². The maximum atomic E-state index is 12.7. The van der Waals surface area contributed by atoms with Crippen LogP contribution in [-0.2, 0) is 0 Å². The van der Waals surface area contributed by atoms with Crippen LogP contribution in [-0.4, -0.2) is 27.5 Å². The molecule has 0 bridgehead atoms. The summed E-state index contributed by atoms with van der Waals surface area (Å²) in [6, 6.07) is 1.68. The van der Waals surface area contributed by atoms with Gasteiger partial charge in [-0.25, -0.2) is 0 Å². The zero-order valence-corrected chi connectivity index (χ0v) is 11.8. The summed E-state index contributed by atoms with van der Waals surface area (Å²) < 4.78 is 10.5. The maximum Gasteiger partial charge on any atom is 0.258 e. The van der Waals surface area contributed by atoms with E-state index in [0.29, 0.717) is 29.6 Å². The van der Waals surface area contributed by atoms with Crippen molar-refractivity contribution in [1.82, 2.24) is 15.0 Å². The molecule has 0 spiro atoms. The first-order valence-electron chi connectivity index (χ1n) is 6.74. The van der Waals surface area contributed by atoms with Gasteiger partial charge in [-0.1, -0.05) is 5.16 Å². The van der Waals surface area contributed by atoms with Gasteiger partial charge in [-0.3, -0.25) is 4.79 Å². The molecule has 3 heterocycles. The Morgan fingerprint density at radius 3 is 2.80 bits per heavy atom. The van der Waals surface area contributed by atoms with Crippen molar-refractivity contribution in [3.05, 3.63) is 34.9 Å². The maximum absolute atomic E-state index is 12.7. The molecular weight excluding hydrogens is 258 g/mol. The van der Waals surface area contributed by atoms with E-state index in [4.69, 9.17) is 8.94 Å². The highest BCUT2D eigenvalue weighted by Crippen LogP contribution is 2.32. The van der Waals surface area contributed by atoms with Crippen LogP contribution in [0.2, 0.25) is 0 Å². The normalized spacial score (nSPS) is 18.8. The highest BCUT2D eigenvalue weighted by atomic mass is 16.5. The molecule has 0 N–H and O–H groups in total. The van der Waals surface area contributed by atoms with E-state index < -0.39 is 0 Å². The molecule has 6 nitrogen and oxygen atoms in total. The van der Waals surface area contributed by atoms with Crippen LogP contribution < -0.4 is 0 Å². The van der Waals surface area contributed by atoms with Crippen LogP contribution in [0, 0.1) is 20.8 Å². The fourth-order valence-electron chi connectivity index (χ4n) is 2.73. The Balaban J connectivity index is 1.89. The topological polar surface area (TPSA) is 72.4 Å². The van der Waals surface area contributed by atoms with Crippen molar-refractivity contribution in [2.45, 2.75) is 39.7 Å². The summed E-state index contributed by atoms with van der Waals surface area (Å²) in [7, 11) is 0. The van der Waals surface area contributed by atoms with Gasteiger partial charge >= 0.3 is 0 Å². The van der Waals surface area contributed by atoms with E-state index in [0.717, 1.165) is 18.6 Å². The summed E-state index contributed by atoms with van der Waals surface area (Å²) in [5.41, 5.74) is 0.620. The van der Waals surface area contributed by atoms with Crippen LogP contribution in [0.15, 0.2) is 15.0 Å². The van der Waals surface area contributed by atoms with Crippen LogP contribution in [0.5, 0.6) is 0 Å². The van der Waals surface area contributed by atoms with Gasteiger partial charge in [-0.2, -0.15) is 4.98 Å². The van der Waals surface area contributed by atoms with Gasteiger partial charge in [0.05, 0.1) is 11.6 Å². The Bertz CT molecular complexity index is 644. The Kier molecular flexibility index (Phi) is 3.08. The number of nitrogens with zero attached hydrogens (tertiary/aromatic N) is 3. The molecule has 1 amide bonds. The van der Waals surface area contributed by atoms with Gasteiger partial charge in [0, 0.05) is 13.5 Å². The van der Waals surface area contributed by atoms with E-state index in [1.807, 2.05) is 18.7 Å². The minimum atomic E-state index is -0.102. The molecule has 106 valence electrons. The fourth-order valence-corrected chi connectivity index (χ4v) is 2.73. The van der Waals surface area contributed by atoms with Crippen molar-refractivity contribution >= 4 is 5.91 Å². The average Bonchev–Trinajstić information content (AvgIpc) is 3.08. The molecule has 1 aliphatic heterocycles. The summed E-state index contributed by atoms with van der Waals surface area (Å²) >= 11 is 0. The molecule has 1 unspecified atom stereocenters. The lowest BCUT2D eigenvalue weighted by atomic mass is 10.1. The van der Waals surface area contributed by atoms with E-state index in [-0.39, 0.29) is 11.9 Å². The van der Waals surface area contributed by atoms with Crippen molar-refractivity contribution in [3.8, 4) is 0 Å². The molecule has 1 aliphatic rings. The number of aryl methyl sites for hydroxylation is 3. The average molecular weight is 275 g/mol. The minimum Gasteiger partial charge on any atom is -0.466 e. The predicted octanol–water partition coefficient (Wildman–Crippen LogP) is 2.57. The third kappa shape index (κ3) is 2.11. The van der Waals surface area contributed by atoms with Crippen LogP contribution in [0.4, 0.5) is 0 Å². The van der Waals surface area contributed by atoms with Crippen molar-refractivity contribution in [3.63, 3.8) is 0 Å². The predicted molar refractivity (Wildman–Crippen MR) is 70.2 cm³/mol. The summed E-state index contributed by atoms with van der Waals surface area (Å²) in [5, 5.41) is 3.95. The smallest absolute Gasteiger partial charge is 0.258 e. The number of hydrogen-bond acceptors (Lipinski definition) is 5. The lowest BCUT2D eigenvalue weighted by molar-refractivity contribution is 0.0726. The third-order valence-corrected chi connectivity index (χ3v) is 3.63. The standard InChI is InChI=1S/C14H17N3O3/c1-8-7-11(9(2)19-8)14(18)17-6-4-5-12(17)13-15-10(3)20-16-13/h7,12H,4-6H2,1-3H3. The van der Waals surface area contributed by atoms with Gasteiger partial charge in [0.25, 0.3) is 5.91 Å². The van der Waals surface area contributed by atoms with Gasteiger partial charge in [0.2, 0.25) is 5.89 Å². The Morgan fingerprint density at radius 1 is 1.40 bits per heavy atom. The second kappa shape index (κ2) is 4.77. The molecule has 0 radical (unpaired) electrons. The number of hydrogen-bond donors (Lipinski definition) is 0. The highest BCUT2D eigenvalue weighted by molar-refractivity contribution is 5.95. The Labute approximate surface area is 116 Å². The van der Waals surface area contributed by atoms with Gasteiger partial charge < -0.3 is 13.8 Å². The third-order valence-electron chi connectivity index (χ3n) is 3.63. The largest absolute Gasteiger partial charge is 0.466 e. The molecule has 0 aliphatic carbocycles. The van der Waals surface area contributed by atoms with E-state index in [1.165, 1.54) is 0 Å². The monoisotopic (exact) mass is 275 g/mol. The second-order valence-corrected chi connectivity index (χ2v) is 5.16. The first kappa shape index (κ1) is 12.9. The number of rotatable bonds is 2. The molecule has 2 aromatic heterocycles. The molecule has 0 saturated carbocycles. The highest BCUT2D eigenvalue weighted by Gasteiger charge is 2.34. The molecule has 6 heteroatoms. The molecule has 0 aromatic carbocycles. The Hall–Kier alpha value is -2.11. The van der Waals surface area contributed by atoms with E-state index in [2.05, 4.69) is 10.1 Å². The summed E-state index contributed by atoms with van der Waals surface area (Å²) in [6.07, 6.45) is 1.81. The number of likely N-dealkylation sites (tertiary alicyclic amines) is 1. The quantitative estimate of drug-likeness (QED) is 0.842. The van der Waals surface area contributed by atoms with Crippen molar-refractivity contribution < 1.29 is 13.7 Å². The lowest BCUT2D eigenvalue weighted by Crippen LogP contribution is -2.31.